The molecule has 0 unspecified atom stereocenters. The highest BCUT2D eigenvalue weighted by Gasteiger charge is 2.33. The summed E-state index contributed by atoms with van der Waals surface area (Å²) in [6, 6.07) is 6.01. The van der Waals surface area contributed by atoms with E-state index in [0.717, 1.165) is 43.3 Å². The van der Waals surface area contributed by atoms with E-state index in [1.807, 2.05) is 35.3 Å². The molecule has 0 radical (unpaired) electrons. The molecule has 0 aliphatic carbocycles. The summed E-state index contributed by atoms with van der Waals surface area (Å²) in [4.78, 5) is 23.9. The van der Waals surface area contributed by atoms with Gasteiger partial charge in [0.2, 0.25) is 5.95 Å². The van der Waals surface area contributed by atoms with Gasteiger partial charge in [-0.2, -0.15) is 0 Å². The molecule has 4 aromatic heterocycles. The van der Waals surface area contributed by atoms with Crippen molar-refractivity contribution in [3.8, 4) is 5.95 Å². The van der Waals surface area contributed by atoms with E-state index in [4.69, 9.17) is 0 Å². The Labute approximate surface area is 162 Å². The van der Waals surface area contributed by atoms with Crippen molar-refractivity contribution in [2.75, 3.05) is 6.54 Å². The fourth-order valence-corrected chi connectivity index (χ4v) is 4.00. The molecule has 1 aliphatic heterocycles. The third-order valence-electron chi connectivity index (χ3n) is 5.34. The minimum absolute atomic E-state index is 0.0100. The van der Waals surface area contributed by atoms with Gasteiger partial charge in [-0.15, -0.1) is 0 Å². The minimum atomic E-state index is 0.0100. The first kappa shape index (κ1) is 16.9. The molecule has 5 heterocycles. The summed E-state index contributed by atoms with van der Waals surface area (Å²) in [5.74, 6) is 1.74. The summed E-state index contributed by atoms with van der Waals surface area (Å²) in [5.41, 5.74) is 3.37. The first-order valence-electron chi connectivity index (χ1n) is 9.56. The van der Waals surface area contributed by atoms with Gasteiger partial charge < -0.3 is 9.55 Å². The van der Waals surface area contributed by atoms with Crippen LogP contribution in [0.4, 0.5) is 0 Å². The van der Waals surface area contributed by atoms with Gasteiger partial charge in [0.25, 0.3) is 0 Å². The predicted octanol–water partition coefficient (Wildman–Crippen LogP) is 2.35. The van der Waals surface area contributed by atoms with E-state index >= 15 is 0 Å². The van der Waals surface area contributed by atoms with Gasteiger partial charge in [-0.05, 0) is 25.1 Å². The molecule has 0 saturated heterocycles. The van der Waals surface area contributed by atoms with Crippen molar-refractivity contribution < 1.29 is 0 Å². The molecule has 0 spiro atoms. The number of H-pyrrole nitrogens is 1. The first-order chi connectivity index (χ1) is 13.8. The van der Waals surface area contributed by atoms with Gasteiger partial charge in [-0.25, -0.2) is 19.9 Å². The topological polar surface area (TPSA) is 80.5 Å². The monoisotopic (exact) mass is 374 g/mol. The average Bonchev–Trinajstić information content (AvgIpc) is 3.49. The second-order valence-electron chi connectivity index (χ2n) is 6.87. The lowest BCUT2D eigenvalue weighted by atomic mass is 9.99. The number of hydrogen-bond acceptors (Lipinski definition) is 5. The maximum atomic E-state index is 4.67. The smallest absolute Gasteiger partial charge is 0.233 e. The fourth-order valence-electron chi connectivity index (χ4n) is 4.00. The molecule has 28 heavy (non-hydrogen) atoms. The highest BCUT2D eigenvalue weighted by atomic mass is 15.3. The third kappa shape index (κ3) is 2.82. The number of aromatic nitrogens is 7. The molecule has 0 saturated carbocycles. The Bertz CT molecular complexity index is 1060. The fraction of sp³-hybridized carbons (Fsp3) is 0.300. The molecule has 0 bridgehead atoms. The summed E-state index contributed by atoms with van der Waals surface area (Å²) in [6.45, 7) is 4.74. The van der Waals surface area contributed by atoms with E-state index in [9.17, 15) is 0 Å². The van der Waals surface area contributed by atoms with Gasteiger partial charge >= 0.3 is 0 Å². The van der Waals surface area contributed by atoms with E-state index in [-0.39, 0.29) is 6.04 Å². The Hall–Kier alpha value is -3.26. The van der Waals surface area contributed by atoms with Gasteiger partial charge in [-0.3, -0.25) is 9.47 Å². The average molecular weight is 374 g/mol. The van der Waals surface area contributed by atoms with Crippen molar-refractivity contribution in [2.24, 2.45) is 0 Å². The maximum Gasteiger partial charge on any atom is 0.233 e. The molecule has 8 nitrogen and oxygen atoms in total. The molecule has 142 valence electrons. The lowest BCUT2D eigenvalue weighted by molar-refractivity contribution is 0.188. The van der Waals surface area contributed by atoms with E-state index in [1.54, 1.807) is 18.7 Å². The quantitative estimate of drug-likeness (QED) is 0.580. The van der Waals surface area contributed by atoms with Crippen molar-refractivity contribution in [2.45, 2.75) is 32.5 Å². The number of hydrogen-bond donors (Lipinski definition) is 1. The summed E-state index contributed by atoms with van der Waals surface area (Å²) in [5, 5.41) is 0. The maximum absolute atomic E-state index is 4.67. The molecule has 0 amide bonds. The van der Waals surface area contributed by atoms with Crippen LogP contribution in [0, 0.1) is 0 Å². The van der Waals surface area contributed by atoms with Gasteiger partial charge in [-0.1, -0.05) is 0 Å². The standard InChI is InChI=1S/C20H22N8/c1-2-26-12-9-21-17(26)13-27-11-6-15-18(25-14-24-15)19(27)16-5-3-10-28(16)20-22-7-4-8-23-20/h3-5,7-10,12,14,19H,2,6,11,13H2,1H3,(H,24,25)/t19-/m1/s1. The Morgan fingerprint density at radius 1 is 1.07 bits per heavy atom. The second-order valence-corrected chi connectivity index (χ2v) is 6.87. The number of aryl methyl sites for hydroxylation is 1. The number of aromatic amines is 1. The molecule has 1 aliphatic rings. The zero-order chi connectivity index (χ0) is 18.9. The molecule has 4 aromatic rings. The van der Waals surface area contributed by atoms with Crippen LogP contribution in [0.2, 0.25) is 0 Å². The van der Waals surface area contributed by atoms with Gasteiger partial charge in [0, 0.05) is 61.9 Å². The van der Waals surface area contributed by atoms with Crippen LogP contribution in [0.3, 0.4) is 0 Å². The summed E-state index contributed by atoms with van der Waals surface area (Å²) < 4.78 is 4.24. The molecule has 1 atom stereocenters. The van der Waals surface area contributed by atoms with Crippen LogP contribution < -0.4 is 0 Å². The zero-order valence-corrected chi connectivity index (χ0v) is 15.7. The van der Waals surface area contributed by atoms with Gasteiger partial charge in [0.05, 0.1) is 24.6 Å². The van der Waals surface area contributed by atoms with Gasteiger partial charge in [0.15, 0.2) is 0 Å². The SMILES string of the molecule is CCn1ccnc1CN1CCc2[nH]cnc2[C@H]1c1cccn1-c1ncccn1. The van der Waals surface area contributed by atoms with Crippen LogP contribution in [0.15, 0.2) is 55.5 Å². The van der Waals surface area contributed by atoms with Crippen LogP contribution in [0.25, 0.3) is 5.95 Å². The van der Waals surface area contributed by atoms with Crippen molar-refractivity contribution in [1.82, 2.24) is 39.0 Å². The molecular formula is C20H22N8. The number of nitrogens with zero attached hydrogens (tertiary/aromatic N) is 7. The number of rotatable bonds is 5. The number of fused-ring (bicyclic) bond motifs is 1. The van der Waals surface area contributed by atoms with E-state index in [1.165, 1.54) is 5.69 Å². The normalized spacial score (nSPS) is 17.0. The summed E-state index contributed by atoms with van der Waals surface area (Å²) in [6.07, 6.45) is 12.2. The lowest BCUT2D eigenvalue weighted by Gasteiger charge is -2.35. The number of nitrogens with one attached hydrogen (secondary N) is 1. The van der Waals surface area contributed by atoms with Crippen LogP contribution >= 0.6 is 0 Å². The molecule has 0 aromatic carbocycles. The highest BCUT2D eigenvalue weighted by molar-refractivity contribution is 5.33. The van der Waals surface area contributed by atoms with Crippen LogP contribution in [0.1, 0.15) is 35.9 Å². The Balaban J connectivity index is 1.58. The molecule has 0 fully saturated rings. The van der Waals surface area contributed by atoms with E-state index in [2.05, 4.69) is 47.4 Å². The molecule has 1 N–H and O–H groups in total. The highest BCUT2D eigenvalue weighted by Crippen LogP contribution is 2.35. The predicted molar refractivity (Wildman–Crippen MR) is 104 cm³/mol. The Morgan fingerprint density at radius 3 is 2.82 bits per heavy atom. The van der Waals surface area contributed by atoms with Crippen LogP contribution in [-0.2, 0) is 19.5 Å². The number of imidazole rings is 2. The van der Waals surface area contributed by atoms with Crippen molar-refractivity contribution in [1.29, 1.82) is 0 Å². The second kappa shape index (κ2) is 7.05. The lowest BCUT2D eigenvalue weighted by Crippen LogP contribution is -2.37. The molecule has 5 rings (SSSR count). The molecular weight excluding hydrogens is 352 g/mol. The van der Waals surface area contributed by atoms with Crippen LogP contribution in [-0.4, -0.2) is 45.5 Å². The Kier molecular flexibility index (Phi) is 4.25. The van der Waals surface area contributed by atoms with E-state index < -0.39 is 0 Å². The largest absolute Gasteiger partial charge is 0.348 e. The minimum Gasteiger partial charge on any atom is -0.348 e. The van der Waals surface area contributed by atoms with Crippen molar-refractivity contribution in [3.05, 3.63) is 78.4 Å². The Morgan fingerprint density at radius 2 is 1.96 bits per heavy atom. The molecule has 8 heteroatoms. The summed E-state index contributed by atoms with van der Waals surface area (Å²) >= 11 is 0. The van der Waals surface area contributed by atoms with Gasteiger partial charge in [0.1, 0.15) is 5.82 Å². The van der Waals surface area contributed by atoms with Crippen molar-refractivity contribution >= 4 is 0 Å². The van der Waals surface area contributed by atoms with Crippen molar-refractivity contribution in [3.63, 3.8) is 0 Å². The van der Waals surface area contributed by atoms with E-state index in [0.29, 0.717) is 5.95 Å². The zero-order valence-electron chi connectivity index (χ0n) is 15.7. The first-order valence-corrected chi connectivity index (χ1v) is 9.56. The van der Waals surface area contributed by atoms with Crippen LogP contribution in [0.5, 0.6) is 0 Å². The summed E-state index contributed by atoms with van der Waals surface area (Å²) in [7, 11) is 0. The third-order valence-corrected chi connectivity index (χ3v) is 5.34.